The summed E-state index contributed by atoms with van der Waals surface area (Å²) in [6.07, 6.45) is 0. The summed E-state index contributed by atoms with van der Waals surface area (Å²) >= 11 is 0. The lowest BCUT2D eigenvalue weighted by molar-refractivity contribution is 1.31. The molecule has 0 atom stereocenters. The maximum absolute atomic E-state index is 2.26. The van der Waals surface area contributed by atoms with E-state index in [1.54, 1.807) is 0 Å². The highest BCUT2D eigenvalue weighted by atomic mass is 14.3. The van der Waals surface area contributed by atoms with Gasteiger partial charge in [0, 0.05) is 0 Å². The number of hydrogen-bond donors (Lipinski definition) is 0. The van der Waals surface area contributed by atoms with Crippen molar-refractivity contribution < 1.29 is 0 Å². The Kier molecular flexibility index (Phi) is 4.32. The number of allylic oxidation sites excluding steroid dienone is 5. The topological polar surface area (TPSA) is 0 Å². The van der Waals surface area contributed by atoms with Crippen LogP contribution in [0.5, 0.6) is 0 Å². The van der Waals surface area contributed by atoms with E-state index >= 15 is 0 Å². The highest BCUT2D eigenvalue weighted by Gasteiger charge is 2.23. The molecule has 0 amide bonds. The highest BCUT2D eigenvalue weighted by Crippen LogP contribution is 2.42. The van der Waals surface area contributed by atoms with Gasteiger partial charge in [0.2, 0.25) is 0 Å². The van der Waals surface area contributed by atoms with Crippen LogP contribution in [0.15, 0.2) is 76.4 Å². The van der Waals surface area contributed by atoms with Gasteiger partial charge in [-0.2, -0.15) is 0 Å². The molecule has 122 valence electrons. The average molecular weight is 314 g/mol. The second-order valence-electron chi connectivity index (χ2n) is 6.98. The second-order valence-corrected chi connectivity index (χ2v) is 6.98. The molecular formula is C24H26. The van der Waals surface area contributed by atoms with Gasteiger partial charge in [0.15, 0.2) is 0 Å². The predicted molar refractivity (Wildman–Crippen MR) is 105 cm³/mol. The van der Waals surface area contributed by atoms with Crippen LogP contribution >= 0.6 is 0 Å². The summed E-state index contributed by atoms with van der Waals surface area (Å²) in [6.45, 7) is 13.3. The van der Waals surface area contributed by atoms with E-state index in [1.165, 1.54) is 55.7 Å². The van der Waals surface area contributed by atoms with E-state index in [9.17, 15) is 0 Å². The zero-order valence-corrected chi connectivity index (χ0v) is 15.6. The molecule has 3 rings (SSSR count). The van der Waals surface area contributed by atoms with Gasteiger partial charge in [-0.25, -0.2) is 0 Å². The van der Waals surface area contributed by atoms with Crippen molar-refractivity contribution in [1.29, 1.82) is 0 Å². The molecule has 2 aromatic rings. The van der Waals surface area contributed by atoms with Crippen LogP contribution in [0.3, 0.4) is 0 Å². The van der Waals surface area contributed by atoms with Gasteiger partial charge in [0.25, 0.3) is 0 Å². The SMILES string of the molecule is CC1=C(C)C(=C(c2ccc(C)cc2)c2ccc(C)cc2)C(C)=C1C. The quantitative estimate of drug-likeness (QED) is 0.572. The van der Waals surface area contributed by atoms with Crippen LogP contribution in [0.4, 0.5) is 0 Å². The average Bonchev–Trinajstić information content (AvgIpc) is 2.76. The summed E-state index contributed by atoms with van der Waals surface area (Å²) in [7, 11) is 0. The molecule has 0 nitrogen and oxygen atoms in total. The Bertz CT molecular complexity index is 793. The molecule has 0 radical (unpaired) electrons. The Labute approximate surface area is 146 Å². The number of benzene rings is 2. The Balaban J connectivity index is 2.33. The lowest BCUT2D eigenvalue weighted by Crippen LogP contribution is -1.97. The number of hydrogen-bond acceptors (Lipinski definition) is 0. The molecule has 0 heterocycles. The third-order valence-electron chi connectivity index (χ3n) is 5.37. The van der Waals surface area contributed by atoms with Crippen molar-refractivity contribution in [2.45, 2.75) is 41.5 Å². The Hall–Kier alpha value is -2.34. The van der Waals surface area contributed by atoms with Crippen LogP contribution in [0.25, 0.3) is 5.57 Å². The van der Waals surface area contributed by atoms with E-state index in [1.807, 2.05) is 0 Å². The van der Waals surface area contributed by atoms with Crippen molar-refractivity contribution in [2.24, 2.45) is 0 Å². The van der Waals surface area contributed by atoms with Crippen molar-refractivity contribution in [2.75, 3.05) is 0 Å². The fourth-order valence-corrected chi connectivity index (χ4v) is 3.49. The van der Waals surface area contributed by atoms with Crippen LogP contribution in [0, 0.1) is 13.8 Å². The summed E-state index contributed by atoms with van der Waals surface area (Å²) in [5.74, 6) is 0. The molecule has 1 aliphatic carbocycles. The van der Waals surface area contributed by atoms with Gasteiger partial charge in [-0.1, -0.05) is 59.7 Å². The molecule has 0 unspecified atom stereocenters. The van der Waals surface area contributed by atoms with Gasteiger partial charge in [-0.15, -0.1) is 0 Å². The highest BCUT2D eigenvalue weighted by molar-refractivity contribution is 5.89. The summed E-state index contributed by atoms with van der Waals surface area (Å²) in [6, 6.07) is 17.8. The van der Waals surface area contributed by atoms with Gasteiger partial charge in [-0.3, -0.25) is 0 Å². The molecule has 24 heavy (non-hydrogen) atoms. The zero-order valence-electron chi connectivity index (χ0n) is 15.6. The van der Waals surface area contributed by atoms with Crippen molar-refractivity contribution in [3.05, 3.63) is 98.7 Å². The first-order valence-corrected chi connectivity index (χ1v) is 8.64. The van der Waals surface area contributed by atoms with Gasteiger partial charge >= 0.3 is 0 Å². The van der Waals surface area contributed by atoms with Crippen LogP contribution in [-0.4, -0.2) is 0 Å². The molecule has 1 aliphatic rings. The molecule has 2 aromatic carbocycles. The minimum atomic E-state index is 1.29. The summed E-state index contributed by atoms with van der Waals surface area (Å²) in [5, 5.41) is 0. The standard InChI is InChI=1S/C24H26/c1-15-7-11-21(12-8-15)24(22-13-9-16(2)10-14-22)23-19(5)17(3)18(4)20(23)6/h7-14H,1-6H3. The zero-order chi connectivity index (χ0) is 17.4. The monoisotopic (exact) mass is 314 g/mol. The molecule has 0 spiro atoms. The van der Waals surface area contributed by atoms with Gasteiger partial charge in [0.1, 0.15) is 0 Å². The fourth-order valence-electron chi connectivity index (χ4n) is 3.49. The lowest BCUT2D eigenvalue weighted by atomic mass is 9.87. The first-order chi connectivity index (χ1) is 11.4. The summed E-state index contributed by atoms with van der Waals surface area (Å²) < 4.78 is 0. The van der Waals surface area contributed by atoms with Crippen LogP contribution in [0.2, 0.25) is 0 Å². The maximum atomic E-state index is 2.26. The summed E-state index contributed by atoms with van der Waals surface area (Å²) in [5.41, 5.74) is 13.6. The molecule has 0 aliphatic heterocycles. The first-order valence-electron chi connectivity index (χ1n) is 8.64. The molecule has 0 aromatic heterocycles. The molecule has 0 heteroatoms. The molecule has 0 saturated heterocycles. The van der Waals surface area contributed by atoms with Crippen molar-refractivity contribution in [1.82, 2.24) is 0 Å². The van der Waals surface area contributed by atoms with Gasteiger partial charge < -0.3 is 0 Å². The minimum absolute atomic E-state index is 1.29. The Morgan fingerprint density at radius 3 is 1.12 bits per heavy atom. The largest absolute Gasteiger partial charge is 0.0587 e. The summed E-state index contributed by atoms with van der Waals surface area (Å²) in [4.78, 5) is 0. The third kappa shape index (κ3) is 2.78. The van der Waals surface area contributed by atoms with Gasteiger partial charge in [0.05, 0.1) is 0 Å². The van der Waals surface area contributed by atoms with E-state index < -0.39 is 0 Å². The smallest absolute Gasteiger partial charge is 0.00333 e. The number of rotatable bonds is 2. The Morgan fingerprint density at radius 1 is 0.458 bits per heavy atom. The maximum Gasteiger partial charge on any atom is -0.00333 e. The molecular weight excluding hydrogens is 288 g/mol. The van der Waals surface area contributed by atoms with E-state index in [0.29, 0.717) is 0 Å². The number of aryl methyl sites for hydroxylation is 2. The molecule has 0 saturated carbocycles. The van der Waals surface area contributed by atoms with Gasteiger partial charge in [-0.05, 0) is 86.1 Å². The first kappa shape index (κ1) is 16.5. The van der Waals surface area contributed by atoms with Crippen LogP contribution in [0.1, 0.15) is 49.9 Å². The van der Waals surface area contributed by atoms with E-state index in [-0.39, 0.29) is 0 Å². The van der Waals surface area contributed by atoms with Crippen molar-refractivity contribution in [3.8, 4) is 0 Å². The molecule has 0 N–H and O–H groups in total. The van der Waals surface area contributed by atoms with Crippen LogP contribution < -0.4 is 0 Å². The fraction of sp³-hybridized carbons (Fsp3) is 0.250. The lowest BCUT2D eigenvalue weighted by Gasteiger charge is -2.16. The van der Waals surface area contributed by atoms with E-state index in [4.69, 9.17) is 0 Å². The molecule has 0 bridgehead atoms. The molecule has 0 fully saturated rings. The van der Waals surface area contributed by atoms with Crippen molar-refractivity contribution >= 4 is 5.57 Å². The normalized spacial score (nSPS) is 14.7. The Morgan fingerprint density at radius 2 is 0.792 bits per heavy atom. The van der Waals surface area contributed by atoms with E-state index in [2.05, 4.69) is 90.1 Å². The minimum Gasteiger partial charge on any atom is -0.0587 e. The second kappa shape index (κ2) is 6.28. The van der Waals surface area contributed by atoms with Crippen molar-refractivity contribution in [3.63, 3.8) is 0 Å². The third-order valence-corrected chi connectivity index (χ3v) is 5.37. The van der Waals surface area contributed by atoms with E-state index in [0.717, 1.165) is 0 Å². The predicted octanol–water partition coefficient (Wildman–Crippen LogP) is 6.79. The van der Waals surface area contributed by atoms with Crippen LogP contribution in [-0.2, 0) is 0 Å².